The van der Waals surface area contributed by atoms with Gasteiger partial charge < -0.3 is 9.64 Å². The Morgan fingerprint density at radius 3 is 3.00 bits per heavy atom. The molecule has 1 aromatic carbocycles. The molecule has 5 heteroatoms. The predicted molar refractivity (Wildman–Crippen MR) is 91.4 cm³/mol. The van der Waals surface area contributed by atoms with Gasteiger partial charge in [-0.3, -0.25) is 4.79 Å². The zero-order valence-electron chi connectivity index (χ0n) is 13.4. The molecule has 4 rings (SSSR count). The summed E-state index contributed by atoms with van der Waals surface area (Å²) < 4.78 is 6.97. The molecule has 23 heavy (non-hydrogen) atoms. The number of para-hydroxylation sites is 1. The van der Waals surface area contributed by atoms with Gasteiger partial charge in [-0.25, -0.2) is 4.98 Å². The van der Waals surface area contributed by atoms with E-state index in [2.05, 4.69) is 6.07 Å². The van der Waals surface area contributed by atoms with Crippen LogP contribution in [0.5, 0.6) is 0 Å². The van der Waals surface area contributed by atoms with Gasteiger partial charge in [-0.1, -0.05) is 12.1 Å². The first kappa shape index (κ1) is 15.1. The lowest BCUT2D eigenvalue weighted by Crippen LogP contribution is -2.38. The summed E-state index contributed by atoms with van der Waals surface area (Å²) >= 11 is 1.71. The molecular formula is C18H22N2O2S. The van der Waals surface area contributed by atoms with Crippen molar-refractivity contribution < 1.29 is 9.53 Å². The van der Waals surface area contributed by atoms with Gasteiger partial charge in [-0.2, -0.15) is 0 Å². The summed E-state index contributed by atoms with van der Waals surface area (Å²) in [4.78, 5) is 19.5. The van der Waals surface area contributed by atoms with E-state index in [1.807, 2.05) is 30.0 Å². The minimum Gasteiger partial charge on any atom is -0.368 e. The number of benzene rings is 1. The molecule has 122 valence electrons. The van der Waals surface area contributed by atoms with Gasteiger partial charge in [0.1, 0.15) is 11.1 Å². The third-order valence-corrected chi connectivity index (χ3v) is 5.90. The Bertz CT molecular complexity index is 677. The molecular weight excluding hydrogens is 308 g/mol. The molecule has 2 heterocycles. The minimum atomic E-state index is -0.342. The summed E-state index contributed by atoms with van der Waals surface area (Å²) in [6.07, 6.45) is 4.20. The van der Waals surface area contributed by atoms with Crippen molar-refractivity contribution in [3.05, 3.63) is 29.3 Å². The Balaban J connectivity index is 1.49. The van der Waals surface area contributed by atoms with Crippen molar-refractivity contribution in [2.45, 2.75) is 44.8 Å². The van der Waals surface area contributed by atoms with Gasteiger partial charge in [0.25, 0.3) is 5.91 Å². The monoisotopic (exact) mass is 330 g/mol. The second-order valence-corrected chi connectivity index (χ2v) is 7.69. The number of rotatable bonds is 5. The van der Waals surface area contributed by atoms with Crippen LogP contribution in [0.25, 0.3) is 10.2 Å². The summed E-state index contributed by atoms with van der Waals surface area (Å²) in [6.45, 7) is 3.43. The first-order valence-electron chi connectivity index (χ1n) is 8.50. The molecule has 1 aliphatic heterocycles. The maximum atomic E-state index is 12.8. The molecule has 0 spiro atoms. The predicted octanol–water partition coefficient (Wildman–Crippen LogP) is 3.77. The Morgan fingerprint density at radius 1 is 1.39 bits per heavy atom. The van der Waals surface area contributed by atoms with Crippen molar-refractivity contribution in [1.29, 1.82) is 0 Å². The van der Waals surface area contributed by atoms with Crippen molar-refractivity contribution >= 4 is 27.5 Å². The van der Waals surface area contributed by atoms with E-state index >= 15 is 0 Å². The van der Waals surface area contributed by atoms with Crippen molar-refractivity contribution in [3.63, 3.8) is 0 Å². The molecule has 1 saturated heterocycles. The van der Waals surface area contributed by atoms with Gasteiger partial charge in [0.05, 0.1) is 22.9 Å². The molecule has 2 fully saturated rings. The number of carbonyl (C=O) groups is 1. The first-order chi connectivity index (χ1) is 11.2. The van der Waals surface area contributed by atoms with Crippen molar-refractivity contribution in [2.24, 2.45) is 5.92 Å². The molecule has 1 saturated carbocycles. The SMILES string of the molecule is C[C@H](OCC1CC1)C(=O)N1CCC[C@H]1c1nc2ccccc2s1. The van der Waals surface area contributed by atoms with Crippen LogP contribution < -0.4 is 0 Å². The second-order valence-electron chi connectivity index (χ2n) is 6.63. The van der Waals surface area contributed by atoms with Crippen molar-refractivity contribution in [3.8, 4) is 0 Å². The lowest BCUT2D eigenvalue weighted by Gasteiger charge is -2.26. The van der Waals surface area contributed by atoms with Crippen LogP contribution in [0.3, 0.4) is 0 Å². The van der Waals surface area contributed by atoms with Crippen LogP contribution in [0, 0.1) is 5.92 Å². The van der Waals surface area contributed by atoms with E-state index in [4.69, 9.17) is 9.72 Å². The fourth-order valence-corrected chi connectivity index (χ4v) is 4.30. The quantitative estimate of drug-likeness (QED) is 0.838. The molecule has 0 bridgehead atoms. The molecule has 2 atom stereocenters. The topological polar surface area (TPSA) is 42.4 Å². The molecule has 1 aromatic heterocycles. The van der Waals surface area contributed by atoms with Gasteiger partial charge in [0.15, 0.2) is 0 Å². The molecule has 1 aliphatic carbocycles. The lowest BCUT2D eigenvalue weighted by atomic mass is 10.2. The highest BCUT2D eigenvalue weighted by Crippen LogP contribution is 2.37. The van der Waals surface area contributed by atoms with E-state index in [1.54, 1.807) is 11.3 Å². The van der Waals surface area contributed by atoms with E-state index in [0.29, 0.717) is 5.92 Å². The van der Waals surface area contributed by atoms with Gasteiger partial charge in [-0.05, 0) is 50.7 Å². The van der Waals surface area contributed by atoms with Crippen LogP contribution >= 0.6 is 11.3 Å². The maximum Gasteiger partial charge on any atom is 0.252 e. The number of thiazole rings is 1. The van der Waals surface area contributed by atoms with Gasteiger partial charge in [0.2, 0.25) is 0 Å². The standard InChI is InChI=1S/C18H22N2O2S/c1-12(22-11-13-8-9-13)18(21)20-10-4-6-15(20)17-19-14-5-2-3-7-16(14)23-17/h2-3,5,7,12-13,15H,4,6,8-11H2,1H3/t12-,15-/m0/s1. The summed E-state index contributed by atoms with van der Waals surface area (Å²) in [5.74, 6) is 0.802. The highest BCUT2D eigenvalue weighted by molar-refractivity contribution is 7.18. The summed E-state index contributed by atoms with van der Waals surface area (Å²) in [7, 11) is 0. The summed E-state index contributed by atoms with van der Waals surface area (Å²) in [5, 5.41) is 1.06. The highest BCUT2D eigenvalue weighted by atomic mass is 32.1. The van der Waals surface area contributed by atoms with Crippen LogP contribution in [0.4, 0.5) is 0 Å². The van der Waals surface area contributed by atoms with Gasteiger partial charge in [0, 0.05) is 6.54 Å². The summed E-state index contributed by atoms with van der Waals surface area (Å²) in [5.41, 5.74) is 1.03. The molecule has 0 N–H and O–H groups in total. The maximum absolute atomic E-state index is 12.8. The highest BCUT2D eigenvalue weighted by Gasteiger charge is 2.35. The van der Waals surface area contributed by atoms with E-state index in [9.17, 15) is 4.79 Å². The third-order valence-electron chi connectivity index (χ3n) is 4.76. The number of hydrogen-bond donors (Lipinski definition) is 0. The number of likely N-dealkylation sites (tertiary alicyclic amines) is 1. The Hall–Kier alpha value is -1.46. The van der Waals surface area contributed by atoms with Crippen LogP contribution in [-0.2, 0) is 9.53 Å². The second kappa shape index (κ2) is 6.21. The van der Waals surface area contributed by atoms with Crippen molar-refractivity contribution in [2.75, 3.05) is 13.2 Å². The molecule has 4 nitrogen and oxygen atoms in total. The smallest absolute Gasteiger partial charge is 0.252 e. The average molecular weight is 330 g/mol. The fraction of sp³-hybridized carbons (Fsp3) is 0.556. The zero-order valence-corrected chi connectivity index (χ0v) is 14.2. The molecule has 0 unspecified atom stereocenters. The van der Waals surface area contributed by atoms with E-state index < -0.39 is 0 Å². The number of fused-ring (bicyclic) bond motifs is 1. The number of amides is 1. The zero-order chi connectivity index (χ0) is 15.8. The molecule has 2 aliphatic rings. The largest absolute Gasteiger partial charge is 0.368 e. The molecule has 0 radical (unpaired) electrons. The van der Waals surface area contributed by atoms with Crippen LogP contribution in [0.15, 0.2) is 24.3 Å². The number of hydrogen-bond acceptors (Lipinski definition) is 4. The number of nitrogens with zero attached hydrogens (tertiary/aromatic N) is 2. The van der Waals surface area contributed by atoms with E-state index in [1.165, 1.54) is 17.5 Å². The van der Waals surface area contributed by atoms with Gasteiger partial charge >= 0.3 is 0 Å². The van der Waals surface area contributed by atoms with E-state index in [-0.39, 0.29) is 18.1 Å². The number of ether oxygens (including phenoxy) is 1. The fourth-order valence-electron chi connectivity index (χ4n) is 3.19. The third kappa shape index (κ3) is 3.12. The number of aromatic nitrogens is 1. The molecule has 2 aromatic rings. The Kier molecular flexibility index (Phi) is 4.07. The Morgan fingerprint density at radius 2 is 2.22 bits per heavy atom. The van der Waals surface area contributed by atoms with Gasteiger partial charge in [-0.15, -0.1) is 11.3 Å². The lowest BCUT2D eigenvalue weighted by molar-refractivity contribution is -0.143. The normalized spacial score (nSPS) is 22.7. The average Bonchev–Trinajstić information content (AvgIpc) is 3.10. The minimum absolute atomic E-state index is 0.117. The van der Waals surface area contributed by atoms with Crippen LogP contribution in [0.1, 0.15) is 43.7 Å². The number of carbonyl (C=O) groups excluding carboxylic acids is 1. The van der Waals surface area contributed by atoms with Crippen molar-refractivity contribution in [1.82, 2.24) is 9.88 Å². The summed E-state index contributed by atoms with van der Waals surface area (Å²) in [6, 6.07) is 8.30. The van der Waals surface area contributed by atoms with Crippen LogP contribution in [-0.4, -0.2) is 35.0 Å². The van der Waals surface area contributed by atoms with Crippen LogP contribution in [0.2, 0.25) is 0 Å². The first-order valence-corrected chi connectivity index (χ1v) is 9.31. The van der Waals surface area contributed by atoms with E-state index in [0.717, 1.165) is 36.5 Å². The Labute approximate surface area is 140 Å². The molecule has 1 amide bonds.